The molecule has 0 aliphatic rings. The van der Waals surface area contributed by atoms with Gasteiger partial charge in [-0.15, -0.1) is 0 Å². The van der Waals surface area contributed by atoms with Gasteiger partial charge < -0.3 is 15.4 Å². The molecule has 7 heteroatoms. The Morgan fingerprint density at radius 3 is 2.52 bits per heavy atom. The van der Waals surface area contributed by atoms with Gasteiger partial charge in [0.05, 0.1) is 10.6 Å². The molecule has 0 bridgehead atoms. The van der Waals surface area contributed by atoms with Crippen LogP contribution in [0.4, 0.5) is 0 Å². The Morgan fingerprint density at radius 1 is 1.20 bits per heavy atom. The summed E-state index contributed by atoms with van der Waals surface area (Å²) in [5.41, 5.74) is 0. The fourth-order valence-electron chi connectivity index (χ4n) is 2.27. The quantitative estimate of drug-likeness (QED) is 0.355. The monoisotopic (exact) mass is 369 g/mol. The van der Waals surface area contributed by atoms with Crippen LogP contribution in [0.25, 0.3) is 0 Å². The maximum atomic E-state index is 12.6. The van der Waals surface area contributed by atoms with Crippen molar-refractivity contribution in [2.75, 3.05) is 32.1 Å². The van der Waals surface area contributed by atoms with Gasteiger partial charge in [0.1, 0.15) is 0 Å². The summed E-state index contributed by atoms with van der Waals surface area (Å²) in [7, 11) is -3.33. The van der Waals surface area contributed by atoms with E-state index in [1.165, 1.54) is 0 Å². The van der Waals surface area contributed by atoms with E-state index in [-0.39, 0.29) is 11.8 Å². The van der Waals surface area contributed by atoms with Crippen molar-refractivity contribution in [2.24, 2.45) is 4.99 Å². The molecular weight excluding hydrogens is 338 g/mol. The minimum absolute atomic E-state index is 0.0386. The third-order valence-corrected chi connectivity index (χ3v) is 5.45. The molecule has 0 radical (unpaired) electrons. The third kappa shape index (κ3) is 8.36. The molecule has 25 heavy (non-hydrogen) atoms. The van der Waals surface area contributed by atoms with Crippen molar-refractivity contribution in [1.29, 1.82) is 0 Å². The maximum Gasteiger partial charge on any atom is 0.191 e. The van der Waals surface area contributed by atoms with E-state index in [1.807, 2.05) is 26.8 Å². The van der Waals surface area contributed by atoms with Crippen molar-refractivity contribution in [3.8, 4) is 0 Å². The molecule has 0 aliphatic heterocycles. The first-order chi connectivity index (χ1) is 12.0. The van der Waals surface area contributed by atoms with Gasteiger partial charge in [-0.25, -0.2) is 8.42 Å². The van der Waals surface area contributed by atoms with E-state index in [0.717, 1.165) is 13.0 Å². The molecule has 2 N–H and O–H groups in total. The van der Waals surface area contributed by atoms with Crippen molar-refractivity contribution in [3.63, 3.8) is 0 Å². The number of guanidine groups is 1. The number of sulfone groups is 1. The van der Waals surface area contributed by atoms with Crippen LogP contribution in [0.2, 0.25) is 0 Å². The molecule has 1 aromatic rings. The van der Waals surface area contributed by atoms with E-state index >= 15 is 0 Å². The molecular formula is C18H31N3O3S. The molecule has 142 valence electrons. The lowest BCUT2D eigenvalue weighted by Crippen LogP contribution is -2.46. The Morgan fingerprint density at radius 2 is 1.92 bits per heavy atom. The lowest BCUT2D eigenvalue weighted by molar-refractivity contribution is 0.146. The average Bonchev–Trinajstić information content (AvgIpc) is 2.61. The van der Waals surface area contributed by atoms with Crippen LogP contribution >= 0.6 is 0 Å². The van der Waals surface area contributed by atoms with Crippen LogP contribution in [0.5, 0.6) is 0 Å². The van der Waals surface area contributed by atoms with Gasteiger partial charge in [-0.3, -0.25) is 4.99 Å². The van der Waals surface area contributed by atoms with E-state index in [1.54, 1.807) is 24.3 Å². The van der Waals surface area contributed by atoms with Gasteiger partial charge in [-0.1, -0.05) is 25.1 Å². The standard InChI is InChI=1S/C18H31N3O3S/c1-4-16(15-25(22,23)17-11-8-7-9-12-17)21-18(19-5-2)20-13-10-14-24-6-3/h7-9,11-12,16H,4-6,10,13-15H2,1-3H3,(H2,19,20,21). The van der Waals surface area contributed by atoms with Gasteiger partial charge in [-0.2, -0.15) is 0 Å². The largest absolute Gasteiger partial charge is 0.382 e. The Balaban J connectivity index is 2.68. The van der Waals surface area contributed by atoms with E-state index in [4.69, 9.17) is 4.74 Å². The maximum absolute atomic E-state index is 12.6. The van der Waals surface area contributed by atoms with Crippen LogP contribution in [0.1, 0.15) is 33.6 Å². The molecule has 0 aliphatic carbocycles. The zero-order chi connectivity index (χ0) is 18.5. The highest BCUT2D eigenvalue weighted by Crippen LogP contribution is 2.12. The molecule has 0 spiro atoms. The Labute approximate surface area is 152 Å². The van der Waals surface area contributed by atoms with Crippen LogP contribution in [-0.2, 0) is 14.6 Å². The van der Waals surface area contributed by atoms with Gasteiger partial charge >= 0.3 is 0 Å². The van der Waals surface area contributed by atoms with Crippen LogP contribution in [0, 0.1) is 0 Å². The lowest BCUT2D eigenvalue weighted by atomic mass is 10.3. The molecule has 1 unspecified atom stereocenters. The molecule has 0 heterocycles. The van der Waals surface area contributed by atoms with Crippen LogP contribution < -0.4 is 10.6 Å². The first kappa shape index (κ1) is 21.4. The molecule has 1 atom stereocenters. The minimum atomic E-state index is -3.33. The van der Waals surface area contributed by atoms with Gasteiger partial charge in [0, 0.05) is 32.3 Å². The number of hydrogen-bond acceptors (Lipinski definition) is 4. The van der Waals surface area contributed by atoms with Gasteiger partial charge in [0.25, 0.3) is 0 Å². The predicted octanol–water partition coefficient (Wildman–Crippen LogP) is 2.22. The third-order valence-electron chi connectivity index (χ3n) is 3.62. The zero-order valence-corrected chi connectivity index (χ0v) is 16.3. The van der Waals surface area contributed by atoms with Crippen molar-refractivity contribution < 1.29 is 13.2 Å². The fraction of sp³-hybridized carbons (Fsp3) is 0.611. The van der Waals surface area contributed by atoms with E-state index in [9.17, 15) is 8.42 Å². The number of rotatable bonds is 11. The molecule has 1 rings (SSSR count). The second-order valence-electron chi connectivity index (χ2n) is 5.66. The summed E-state index contributed by atoms with van der Waals surface area (Å²) in [6, 6.07) is 8.36. The molecule has 6 nitrogen and oxygen atoms in total. The molecule has 0 saturated carbocycles. The molecule has 1 aromatic carbocycles. The van der Waals surface area contributed by atoms with Crippen LogP contribution in [-0.4, -0.2) is 52.5 Å². The summed E-state index contributed by atoms with van der Waals surface area (Å²) in [5, 5.41) is 6.41. The smallest absolute Gasteiger partial charge is 0.191 e. The Hall–Kier alpha value is -1.60. The zero-order valence-electron chi connectivity index (χ0n) is 15.5. The number of aliphatic imine (C=N–C) groups is 1. The minimum Gasteiger partial charge on any atom is -0.382 e. The topological polar surface area (TPSA) is 79.8 Å². The summed E-state index contributed by atoms with van der Waals surface area (Å²) in [6.07, 6.45) is 1.53. The second-order valence-corrected chi connectivity index (χ2v) is 7.69. The molecule has 0 amide bonds. The number of nitrogens with zero attached hydrogens (tertiary/aromatic N) is 1. The highest BCUT2D eigenvalue weighted by Gasteiger charge is 2.20. The van der Waals surface area contributed by atoms with Crippen LogP contribution in [0.3, 0.4) is 0 Å². The Kier molecular flexibility index (Phi) is 10.2. The first-order valence-corrected chi connectivity index (χ1v) is 10.6. The van der Waals surface area contributed by atoms with Gasteiger partial charge in [0.2, 0.25) is 0 Å². The molecule has 0 fully saturated rings. The summed E-state index contributed by atoms with van der Waals surface area (Å²) in [5.74, 6) is 0.686. The van der Waals surface area contributed by atoms with Crippen molar-refractivity contribution in [3.05, 3.63) is 30.3 Å². The lowest BCUT2D eigenvalue weighted by Gasteiger charge is -2.20. The van der Waals surface area contributed by atoms with Gasteiger partial charge in [-0.05, 0) is 38.8 Å². The summed E-state index contributed by atoms with van der Waals surface area (Å²) >= 11 is 0. The summed E-state index contributed by atoms with van der Waals surface area (Å²) in [4.78, 5) is 4.85. The van der Waals surface area contributed by atoms with Crippen molar-refractivity contribution >= 4 is 15.8 Å². The Bertz CT molecular complexity index is 603. The average molecular weight is 370 g/mol. The number of nitrogens with one attached hydrogen (secondary N) is 2. The van der Waals surface area contributed by atoms with E-state index in [0.29, 0.717) is 37.0 Å². The van der Waals surface area contributed by atoms with Crippen molar-refractivity contribution in [1.82, 2.24) is 10.6 Å². The summed E-state index contributed by atoms with van der Waals surface area (Å²) < 4.78 is 30.4. The summed E-state index contributed by atoms with van der Waals surface area (Å²) in [6.45, 7) is 8.66. The number of benzene rings is 1. The second kappa shape index (κ2) is 11.9. The predicted molar refractivity (Wildman–Crippen MR) is 103 cm³/mol. The van der Waals surface area contributed by atoms with Crippen LogP contribution in [0.15, 0.2) is 40.2 Å². The SMILES string of the molecule is CCNC(=NCCCOCC)NC(CC)CS(=O)(=O)c1ccccc1. The van der Waals surface area contributed by atoms with E-state index < -0.39 is 9.84 Å². The van der Waals surface area contributed by atoms with Gasteiger partial charge in [0.15, 0.2) is 15.8 Å². The number of ether oxygens (including phenoxy) is 1. The molecule has 0 saturated heterocycles. The fourth-order valence-corrected chi connectivity index (χ4v) is 3.88. The van der Waals surface area contributed by atoms with Crippen molar-refractivity contribution in [2.45, 2.75) is 44.6 Å². The number of hydrogen-bond donors (Lipinski definition) is 2. The highest BCUT2D eigenvalue weighted by atomic mass is 32.2. The normalized spacial score (nSPS) is 13.5. The highest BCUT2D eigenvalue weighted by molar-refractivity contribution is 7.91. The first-order valence-electron chi connectivity index (χ1n) is 8.93. The van der Waals surface area contributed by atoms with E-state index in [2.05, 4.69) is 15.6 Å². The molecule has 0 aromatic heterocycles.